The van der Waals surface area contributed by atoms with E-state index < -0.39 is 5.91 Å². The zero-order chi connectivity index (χ0) is 21.3. The number of primary amides is 1. The van der Waals surface area contributed by atoms with E-state index in [2.05, 4.69) is 11.6 Å². The van der Waals surface area contributed by atoms with Crippen molar-refractivity contribution in [3.8, 4) is 5.75 Å². The minimum atomic E-state index is -0.497. The lowest BCUT2D eigenvalue weighted by Crippen LogP contribution is -2.13. The zero-order valence-electron chi connectivity index (χ0n) is 16.9. The Hall–Kier alpha value is -3.92. The fourth-order valence-electron chi connectivity index (χ4n) is 3.02. The van der Waals surface area contributed by atoms with Gasteiger partial charge in [-0.15, -0.1) is 0 Å². The normalized spacial score (nSPS) is 12.3. The fraction of sp³-hybridized carbons (Fsp3) is 0.0769. The molecule has 1 amide bonds. The van der Waals surface area contributed by atoms with Crippen LogP contribution in [0.5, 0.6) is 5.75 Å². The molecule has 0 bridgehead atoms. The first-order valence-corrected chi connectivity index (χ1v) is 9.65. The molecule has 3 aromatic rings. The van der Waals surface area contributed by atoms with Crippen LogP contribution in [0, 0.1) is 0 Å². The van der Waals surface area contributed by atoms with Crippen molar-refractivity contribution >= 4 is 22.4 Å². The first-order valence-electron chi connectivity index (χ1n) is 9.65. The number of carbonyl (C=O) groups is 1. The van der Waals surface area contributed by atoms with Crippen LogP contribution in [0.2, 0.25) is 0 Å². The van der Waals surface area contributed by atoms with Gasteiger partial charge < -0.3 is 10.5 Å². The van der Waals surface area contributed by atoms with Crippen LogP contribution < -0.4 is 10.5 Å². The lowest BCUT2D eigenvalue weighted by Gasteiger charge is -2.09. The molecule has 150 valence electrons. The first kappa shape index (κ1) is 20.8. The summed E-state index contributed by atoms with van der Waals surface area (Å²) < 4.78 is 5.86. The van der Waals surface area contributed by atoms with Crippen molar-refractivity contribution in [2.45, 2.75) is 13.5 Å². The Labute approximate surface area is 176 Å². The van der Waals surface area contributed by atoms with E-state index in [0.717, 1.165) is 27.7 Å². The quantitative estimate of drug-likeness (QED) is 0.411. The molecule has 0 spiro atoms. The molecule has 0 aliphatic carbocycles. The molecule has 2 aromatic carbocycles. The number of benzene rings is 2. The number of allylic oxidation sites excluding steroid dienone is 6. The number of nitrogens with two attached hydrogens (primary N) is 1. The number of ether oxygens (including phenoxy) is 1. The lowest BCUT2D eigenvalue weighted by atomic mass is 10.0. The second kappa shape index (κ2) is 10.0. The molecule has 0 aliphatic heterocycles. The van der Waals surface area contributed by atoms with Crippen LogP contribution in [0.1, 0.15) is 18.2 Å². The number of para-hydroxylation sites is 1. The second-order valence-corrected chi connectivity index (χ2v) is 6.63. The van der Waals surface area contributed by atoms with Gasteiger partial charge in [0.1, 0.15) is 12.4 Å². The van der Waals surface area contributed by atoms with Gasteiger partial charge in [0.25, 0.3) is 0 Å². The third kappa shape index (κ3) is 5.32. The van der Waals surface area contributed by atoms with Crippen molar-refractivity contribution in [3.63, 3.8) is 0 Å². The van der Waals surface area contributed by atoms with Gasteiger partial charge >= 0.3 is 0 Å². The molecule has 0 unspecified atom stereocenters. The van der Waals surface area contributed by atoms with Gasteiger partial charge in [0.2, 0.25) is 5.91 Å². The third-order valence-corrected chi connectivity index (χ3v) is 4.45. The Morgan fingerprint density at radius 1 is 1.10 bits per heavy atom. The molecule has 2 N–H and O–H groups in total. The van der Waals surface area contributed by atoms with Crippen molar-refractivity contribution in [2.75, 3.05) is 0 Å². The van der Waals surface area contributed by atoms with Crippen molar-refractivity contribution < 1.29 is 9.53 Å². The van der Waals surface area contributed by atoms with Crippen LogP contribution in [0.3, 0.4) is 0 Å². The predicted molar refractivity (Wildman–Crippen MR) is 123 cm³/mol. The van der Waals surface area contributed by atoms with Gasteiger partial charge in [-0.25, -0.2) is 4.98 Å². The van der Waals surface area contributed by atoms with Crippen LogP contribution in [0.15, 0.2) is 103 Å². The van der Waals surface area contributed by atoms with Gasteiger partial charge in [0, 0.05) is 11.0 Å². The Balaban J connectivity index is 1.75. The number of fused-ring (bicyclic) bond motifs is 1. The topological polar surface area (TPSA) is 65.2 Å². The third-order valence-electron chi connectivity index (χ3n) is 4.45. The minimum absolute atomic E-state index is 0.357. The van der Waals surface area contributed by atoms with Crippen molar-refractivity contribution in [1.82, 2.24) is 4.98 Å². The van der Waals surface area contributed by atoms with E-state index in [9.17, 15) is 4.79 Å². The van der Waals surface area contributed by atoms with Crippen LogP contribution in [0.4, 0.5) is 0 Å². The molecule has 30 heavy (non-hydrogen) atoms. The second-order valence-electron chi connectivity index (χ2n) is 6.63. The summed E-state index contributed by atoms with van der Waals surface area (Å²) in [7, 11) is 0. The van der Waals surface area contributed by atoms with Gasteiger partial charge in [-0.3, -0.25) is 4.79 Å². The van der Waals surface area contributed by atoms with Gasteiger partial charge in [0.15, 0.2) is 0 Å². The van der Waals surface area contributed by atoms with Gasteiger partial charge in [-0.05, 0) is 48.4 Å². The minimum Gasteiger partial charge on any atom is -0.487 e. The van der Waals surface area contributed by atoms with E-state index in [4.69, 9.17) is 10.5 Å². The molecule has 0 fully saturated rings. The maximum atomic E-state index is 12.0. The molecule has 0 saturated heterocycles. The number of aromatic nitrogens is 1. The Bertz CT molecular complexity index is 1140. The lowest BCUT2D eigenvalue weighted by molar-refractivity contribution is -0.112. The maximum absolute atomic E-state index is 12.0. The van der Waals surface area contributed by atoms with Crippen molar-refractivity contribution in [3.05, 3.63) is 114 Å². The summed E-state index contributed by atoms with van der Waals surface area (Å²) in [4.78, 5) is 16.6. The van der Waals surface area contributed by atoms with E-state index in [1.54, 1.807) is 12.2 Å². The van der Waals surface area contributed by atoms with Crippen LogP contribution in [-0.4, -0.2) is 10.9 Å². The molecule has 3 rings (SSSR count). The van der Waals surface area contributed by atoms with Crippen LogP contribution in [-0.2, 0) is 11.4 Å². The van der Waals surface area contributed by atoms with Crippen molar-refractivity contribution in [2.24, 2.45) is 5.73 Å². The fourth-order valence-corrected chi connectivity index (χ4v) is 3.02. The molecule has 4 nitrogen and oxygen atoms in total. The molecule has 0 saturated carbocycles. The highest BCUT2D eigenvalue weighted by Crippen LogP contribution is 2.22. The number of rotatable bonds is 8. The van der Waals surface area contributed by atoms with E-state index >= 15 is 0 Å². The Morgan fingerprint density at radius 3 is 2.57 bits per heavy atom. The molecule has 0 radical (unpaired) electrons. The summed E-state index contributed by atoms with van der Waals surface area (Å²) in [5.74, 6) is 0.191. The summed E-state index contributed by atoms with van der Waals surface area (Å²) in [6.07, 6.45) is 9.01. The maximum Gasteiger partial charge on any atom is 0.249 e. The molecule has 0 aliphatic rings. The Kier molecular flexibility index (Phi) is 6.95. The number of hydrogen-bond acceptors (Lipinski definition) is 3. The number of amides is 1. The van der Waals surface area contributed by atoms with E-state index in [1.165, 1.54) is 0 Å². The standard InChI is InChI=1S/C26H24N2O2/c1-3-7-19(8-4-2)17-24(26(27)29)20-12-15-23(16-13-20)30-18-22-14-11-21-9-5-6-10-25(21)28-22/h3-17H,1,18H2,2H3,(H2,27,29)/b8-4-,19-7+,24-17+. The van der Waals surface area contributed by atoms with Gasteiger partial charge in [-0.1, -0.05) is 67.3 Å². The average Bonchev–Trinajstić information content (AvgIpc) is 2.76. The Morgan fingerprint density at radius 2 is 1.87 bits per heavy atom. The molecule has 0 atom stereocenters. The molecular weight excluding hydrogens is 372 g/mol. The number of pyridine rings is 1. The molecule has 1 heterocycles. The highest BCUT2D eigenvalue weighted by Gasteiger charge is 2.09. The number of carbonyl (C=O) groups excluding carboxylic acids is 1. The van der Waals surface area contributed by atoms with E-state index in [-0.39, 0.29) is 0 Å². The van der Waals surface area contributed by atoms with E-state index in [1.807, 2.05) is 85.8 Å². The monoisotopic (exact) mass is 396 g/mol. The van der Waals surface area contributed by atoms with Gasteiger partial charge in [0.05, 0.1) is 11.2 Å². The number of nitrogens with zero attached hydrogens (tertiary/aromatic N) is 1. The summed E-state index contributed by atoms with van der Waals surface area (Å²) in [6, 6.07) is 19.2. The summed E-state index contributed by atoms with van der Waals surface area (Å²) in [5, 5.41) is 1.10. The predicted octanol–water partition coefficient (Wildman–Crippen LogP) is 5.37. The van der Waals surface area contributed by atoms with Crippen LogP contribution in [0.25, 0.3) is 16.5 Å². The summed E-state index contributed by atoms with van der Waals surface area (Å²) in [6.45, 7) is 5.97. The molecular formula is C26H24N2O2. The van der Waals surface area contributed by atoms with Gasteiger partial charge in [-0.2, -0.15) is 0 Å². The van der Waals surface area contributed by atoms with E-state index in [0.29, 0.717) is 17.9 Å². The highest BCUT2D eigenvalue weighted by atomic mass is 16.5. The first-order chi connectivity index (χ1) is 14.6. The summed E-state index contributed by atoms with van der Waals surface area (Å²) >= 11 is 0. The largest absolute Gasteiger partial charge is 0.487 e. The molecule has 4 heteroatoms. The smallest absolute Gasteiger partial charge is 0.249 e. The molecule has 1 aromatic heterocycles. The zero-order valence-corrected chi connectivity index (χ0v) is 16.9. The SMILES string of the molecule is C=C/C=C(\C=C/C)/C=C(/C(N)=O)c1ccc(OCc2ccc3ccccc3n2)cc1. The summed E-state index contributed by atoms with van der Waals surface area (Å²) in [5.41, 5.74) is 9.37. The number of hydrogen-bond donors (Lipinski definition) is 1. The highest BCUT2D eigenvalue weighted by molar-refractivity contribution is 6.19. The van der Waals surface area contributed by atoms with Crippen molar-refractivity contribution in [1.29, 1.82) is 0 Å². The van der Waals surface area contributed by atoms with Crippen LogP contribution >= 0.6 is 0 Å². The average molecular weight is 396 g/mol.